The van der Waals surface area contributed by atoms with E-state index < -0.39 is 22.7 Å². The summed E-state index contributed by atoms with van der Waals surface area (Å²) in [7, 11) is 0. The number of halogens is 1. The van der Waals surface area contributed by atoms with Gasteiger partial charge in [-0.05, 0) is 30.3 Å². The van der Waals surface area contributed by atoms with E-state index in [1.807, 2.05) is 0 Å². The third kappa shape index (κ3) is 3.47. The molecule has 0 aliphatic carbocycles. The summed E-state index contributed by atoms with van der Waals surface area (Å²) < 4.78 is 13.0. The van der Waals surface area contributed by atoms with Crippen molar-refractivity contribution in [3.8, 4) is 0 Å². The van der Waals surface area contributed by atoms with Crippen molar-refractivity contribution in [1.82, 2.24) is 5.32 Å². The number of nitrogens with zero attached hydrogens (tertiary/aromatic N) is 2. The largest absolute Gasteiger partial charge is 0.347 e. The van der Waals surface area contributed by atoms with Crippen molar-refractivity contribution in [2.24, 2.45) is 0 Å². The molecule has 1 N–H and O–H groups in total. The smallest absolute Gasteiger partial charge is 0.282 e. The molecule has 1 heterocycles. The van der Waals surface area contributed by atoms with E-state index in [1.54, 1.807) is 0 Å². The Balaban J connectivity index is 1.72. The van der Waals surface area contributed by atoms with E-state index in [4.69, 9.17) is 0 Å². The third-order valence-electron chi connectivity index (χ3n) is 3.94. The van der Waals surface area contributed by atoms with Gasteiger partial charge in [0, 0.05) is 24.7 Å². The van der Waals surface area contributed by atoms with Crippen LogP contribution >= 0.6 is 0 Å². The lowest BCUT2D eigenvalue weighted by Gasteiger charge is -2.17. The van der Waals surface area contributed by atoms with Gasteiger partial charge in [-0.1, -0.05) is 12.1 Å². The standard InChI is InChI=1S/C17H14FN3O4/c18-11-5-7-13(8-6-11)20-10-12(9-16(20)22)19-17(23)14-3-1-2-4-15(14)21(24)25/h1-8,12H,9-10H2,(H,19,23)/t12-/m0/s1. The predicted molar refractivity (Wildman–Crippen MR) is 87.7 cm³/mol. The number of nitrogens with one attached hydrogen (secondary N) is 1. The maximum absolute atomic E-state index is 13.0. The van der Waals surface area contributed by atoms with Crippen LogP contribution in [0.2, 0.25) is 0 Å². The summed E-state index contributed by atoms with van der Waals surface area (Å²) in [4.78, 5) is 36.3. The highest BCUT2D eigenvalue weighted by Gasteiger charge is 2.32. The van der Waals surface area contributed by atoms with E-state index in [-0.39, 0.29) is 30.1 Å². The lowest BCUT2D eigenvalue weighted by atomic mass is 10.1. The fraction of sp³-hybridized carbons (Fsp3) is 0.176. The molecule has 25 heavy (non-hydrogen) atoms. The minimum Gasteiger partial charge on any atom is -0.347 e. The minimum atomic E-state index is -0.625. The average molecular weight is 343 g/mol. The van der Waals surface area contributed by atoms with E-state index >= 15 is 0 Å². The van der Waals surface area contributed by atoms with Crippen LogP contribution < -0.4 is 10.2 Å². The molecule has 0 unspecified atom stereocenters. The number of anilines is 1. The fourth-order valence-electron chi connectivity index (χ4n) is 2.76. The quantitative estimate of drug-likeness (QED) is 0.681. The highest BCUT2D eigenvalue weighted by Crippen LogP contribution is 2.23. The van der Waals surface area contributed by atoms with Crippen LogP contribution in [0, 0.1) is 15.9 Å². The highest BCUT2D eigenvalue weighted by atomic mass is 19.1. The van der Waals surface area contributed by atoms with Crippen molar-refractivity contribution in [3.05, 3.63) is 70.0 Å². The van der Waals surface area contributed by atoms with Crippen LogP contribution in [-0.2, 0) is 4.79 Å². The van der Waals surface area contributed by atoms with Gasteiger partial charge in [-0.15, -0.1) is 0 Å². The van der Waals surface area contributed by atoms with Gasteiger partial charge in [-0.3, -0.25) is 19.7 Å². The molecule has 0 saturated carbocycles. The van der Waals surface area contributed by atoms with Gasteiger partial charge < -0.3 is 10.2 Å². The highest BCUT2D eigenvalue weighted by molar-refractivity contribution is 6.00. The molecule has 0 radical (unpaired) electrons. The Morgan fingerprint density at radius 1 is 1.20 bits per heavy atom. The second-order valence-electron chi connectivity index (χ2n) is 5.63. The maximum Gasteiger partial charge on any atom is 0.282 e. The second kappa shape index (κ2) is 6.68. The molecule has 3 rings (SSSR count). The Kier molecular flexibility index (Phi) is 4.42. The maximum atomic E-state index is 13.0. The molecule has 1 atom stereocenters. The lowest BCUT2D eigenvalue weighted by molar-refractivity contribution is -0.385. The monoisotopic (exact) mass is 343 g/mol. The number of carbonyl (C=O) groups is 2. The predicted octanol–water partition coefficient (Wildman–Crippen LogP) is 2.27. The summed E-state index contributed by atoms with van der Waals surface area (Å²) in [5.41, 5.74) is 0.189. The molecule has 2 aromatic rings. The summed E-state index contributed by atoms with van der Waals surface area (Å²) in [6.45, 7) is 0.219. The zero-order valence-corrected chi connectivity index (χ0v) is 13.0. The van der Waals surface area contributed by atoms with Gasteiger partial charge in [0.25, 0.3) is 11.6 Å². The molecule has 0 bridgehead atoms. The normalized spacial score (nSPS) is 16.8. The number of nitro benzene ring substituents is 1. The number of rotatable bonds is 4. The van der Waals surface area contributed by atoms with Crippen LogP contribution in [-0.4, -0.2) is 29.3 Å². The van der Waals surface area contributed by atoms with Gasteiger partial charge in [0.2, 0.25) is 5.91 Å². The topological polar surface area (TPSA) is 92.6 Å². The van der Waals surface area contributed by atoms with E-state index in [0.29, 0.717) is 5.69 Å². The van der Waals surface area contributed by atoms with Gasteiger partial charge in [-0.2, -0.15) is 0 Å². The molecule has 1 saturated heterocycles. The lowest BCUT2D eigenvalue weighted by Crippen LogP contribution is -2.37. The molecule has 1 aliphatic heterocycles. The van der Waals surface area contributed by atoms with Gasteiger partial charge in [-0.25, -0.2) is 4.39 Å². The van der Waals surface area contributed by atoms with E-state index in [1.165, 1.54) is 53.4 Å². The molecule has 7 nitrogen and oxygen atoms in total. The summed E-state index contributed by atoms with van der Waals surface area (Å²) >= 11 is 0. The number of para-hydroxylation sites is 1. The number of hydrogen-bond acceptors (Lipinski definition) is 4. The Morgan fingerprint density at radius 2 is 1.88 bits per heavy atom. The van der Waals surface area contributed by atoms with Gasteiger partial charge in [0.1, 0.15) is 11.4 Å². The van der Waals surface area contributed by atoms with Gasteiger partial charge >= 0.3 is 0 Å². The summed E-state index contributed by atoms with van der Waals surface area (Å²) in [5, 5.41) is 13.7. The number of hydrogen-bond donors (Lipinski definition) is 1. The van der Waals surface area contributed by atoms with Crippen LogP contribution in [0.1, 0.15) is 16.8 Å². The van der Waals surface area contributed by atoms with Crippen molar-refractivity contribution in [3.63, 3.8) is 0 Å². The molecular formula is C17H14FN3O4. The Bertz CT molecular complexity index is 838. The molecule has 2 amide bonds. The second-order valence-corrected chi connectivity index (χ2v) is 5.63. The van der Waals surface area contributed by atoms with Crippen LogP contribution in [0.15, 0.2) is 48.5 Å². The molecule has 0 spiro atoms. The Morgan fingerprint density at radius 3 is 2.56 bits per heavy atom. The zero-order chi connectivity index (χ0) is 18.0. The van der Waals surface area contributed by atoms with Crippen LogP contribution in [0.4, 0.5) is 15.8 Å². The number of carbonyl (C=O) groups excluding carboxylic acids is 2. The summed E-state index contributed by atoms with van der Waals surface area (Å²) in [6.07, 6.45) is 0.0732. The summed E-state index contributed by atoms with van der Waals surface area (Å²) in [5.74, 6) is -1.22. The van der Waals surface area contributed by atoms with E-state index in [2.05, 4.69) is 5.32 Å². The third-order valence-corrected chi connectivity index (χ3v) is 3.94. The number of amides is 2. The molecule has 0 aromatic heterocycles. The first-order chi connectivity index (χ1) is 12.0. The van der Waals surface area contributed by atoms with E-state index in [9.17, 15) is 24.1 Å². The van der Waals surface area contributed by atoms with Crippen LogP contribution in [0.25, 0.3) is 0 Å². The molecule has 1 aliphatic rings. The van der Waals surface area contributed by atoms with Gasteiger partial charge in [0.15, 0.2) is 0 Å². The zero-order valence-electron chi connectivity index (χ0n) is 13.0. The molecule has 1 fully saturated rings. The summed E-state index contributed by atoms with van der Waals surface area (Å²) in [6, 6.07) is 10.6. The van der Waals surface area contributed by atoms with E-state index in [0.717, 1.165) is 0 Å². The average Bonchev–Trinajstić information content (AvgIpc) is 2.95. The molecular weight excluding hydrogens is 329 g/mol. The first-order valence-corrected chi connectivity index (χ1v) is 7.56. The molecule has 2 aromatic carbocycles. The molecule has 8 heteroatoms. The van der Waals surface area contributed by atoms with Crippen molar-refractivity contribution in [2.75, 3.05) is 11.4 Å². The Labute approximate surface area is 142 Å². The SMILES string of the molecule is O=C(N[C@H]1CC(=O)N(c2ccc(F)cc2)C1)c1ccccc1[N+](=O)[O-]. The van der Waals surface area contributed by atoms with Crippen molar-refractivity contribution >= 4 is 23.2 Å². The van der Waals surface area contributed by atoms with Crippen molar-refractivity contribution < 1.29 is 18.9 Å². The van der Waals surface area contributed by atoms with Crippen molar-refractivity contribution in [2.45, 2.75) is 12.5 Å². The Hall–Kier alpha value is -3.29. The number of benzene rings is 2. The van der Waals surface area contributed by atoms with Crippen molar-refractivity contribution in [1.29, 1.82) is 0 Å². The number of nitro groups is 1. The van der Waals surface area contributed by atoms with Crippen LogP contribution in [0.3, 0.4) is 0 Å². The van der Waals surface area contributed by atoms with Crippen LogP contribution in [0.5, 0.6) is 0 Å². The molecule has 128 valence electrons. The first kappa shape index (κ1) is 16.6. The van der Waals surface area contributed by atoms with Gasteiger partial charge in [0.05, 0.1) is 11.0 Å². The first-order valence-electron chi connectivity index (χ1n) is 7.56. The fourth-order valence-corrected chi connectivity index (χ4v) is 2.76. The minimum absolute atomic E-state index is 0.0554.